The second-order valence-corrected chi connectivity index (χ2v) is 6.07. The van der Waals surface area contributed by atoms with Crippen molar-refractivity contribution >= 4 is 17.4 Å². The third kappa shape index (κ3) is 4.08. The van der Waals surface area contributed by atoms with Crippen LogP contribution in [-0.4, -0.2) is 25.1 Å². The minimum Gasteiger partial charge on any atom is -0.359 e. The maximum atomic E-state index is 6.20. The fourth-order valence-electron chi connectivity index (χ4n) is 2.31. The molecule has 0 spiro atoms. The summed E-state index contributed by atoms with van der Waals surface area (Å²) in [5, 5.41) is 4.14. The third-order valence-corrected chi connectivity index (χ3v) is 4.18. The molecule has 2 unspecified atom stereocenters. The van der Waals surface area contributed by atoms with Crippen LogP contribution in [0.25, 0.3) is 0 Å². The summed E-state index contributed by atoms with van der Waals surface area (Å²) in [5.41, 5.74) is 1.14. The zero-order valence-electron chi connectivity index (χ0n) is 12.1. The maximum Gasteiger partial charge on any atom is 0.128 e. The number of halogens is 1. The molecule has 1 aliphatic carbocycles. The van der Waals surface area contributed by atoms with E-state index in [1.807, 2.05) is 0 Å². The van der Waals surface area contributed by atoms with E-state index >= 15 is 0 Å². The molecule has 2 rings (SSSR count). The molecule has 0 bridgehead atoms. The topological polar surface area (TPSA) is 28.2 Å². The lowest BCUT2D eigenvalue weighted by Crippen LogP contribution is -2.22. The molecule has 0 aromatic carbocycles. The predicted octanol–water partition coefficient (Wildman–Crippen LogP) is 3.33. The van der Waals surface area contributed by atoms with Gasteiger partial charge in [0.2, 0.25) is 0 Å². The number of hydrogen-bond acceptors (Lipinski definition) is 3. The van der Waals surface area contributed by atoms with Gasteiger partial charge in [-0.15, -0.1) is 0 Å². The average molecular weight is 282 g/mol. The Morgan fingerprint density at radius 2 is 2.26 bits per heavy atom. The fraction of sp³-hybridized carbons (Fsp3) is 0.667. The van der Waals surface area contributed by atoms with Crippen LogP contribution >= 0.6 is 11.6 Å². The fourth-order valence-corrected chi connectivity index (χ4v) is 2.48. The summed E-state index contributed by atoms with van der Waals surface area (Å²) in [6.45, 7) is 7.40. The zero-order chi connectivity index (χ0) is 13.8. The van der Waals surface area contributed by atoms with Crippen molar-refractivity contribution in [3.05, 3.63) is 22.8 Å². The molecule has 2 atom stereocenters. The largest absolute Gasteiger partial charge is 0.359 e. The minimum atomic E-state index is 0.751. The predicted molar refractivity (Wildman–Crippen MR) is 81.8 cm³/mol. The van der Waals surface area contributed by atoms with Gasteiger partial charge in [0, 0.05) is 26.3 Å². The van der Waals surface area contributed by atoms with Crippen molar-refractivity contribution in [3.8, 4) is 0 Å². The summed E-state index contributed by atoms with van der Waals surface area (Å²) >= 11 is 6.20. The molecule has 4 heteroatoms. The van der Waals surface area contributed by atoms with Crippen LogP contribution in [0.4, 0.5) is 5.82 Å². The Bertz CT molecular complexity index is 422. The monoisotopic (exact) mass is 281 g/mol. The van der Waals surface area contributed by atoms with Crippen molar-refractivity contribution in [2.24, 2.45) is 11.8 Å². The highest BCUT2D eigenvalue weighted by Gasteiger charge is 2.33. The molecule has 0 amide bonds. The highest BCUT2D eigenvalue weighted by Crippen LogP contribution is 2.38. The van der Waals surface area contributed by atoms with Crippen molar-refractivity contribution in [3.63, 3.8) is 0 Å². The number of anilines is 1. The van der Waals surface area contributed by atoms with Gasteiger partial charge in [0.25, 0.3) is 0 Å². The van der Waals surface area contributed by atoms with E-state index in [0.29, 0.717) is 0 Å². The van der Waals surface area contributed by atoms with Gasteiger partial charge >= 0.3 is 0 Å². The summed E-state index contributed by atoms with van der Waals surface area (Å²) in [6, 6.07) is 2.11. The average Bonchev–Trinajstić information content (AvgIpc) is 3.07. The van der Waals surface area contributed by atoms with Gasteiger partial charge < -0.3 is 10.2 Å². The van der Waals surface area contributed by atoms with Crippen LogP contribution in [0.5, 0.6) is 0 Å². The first-order valence-corrected chi connectivity index (χ1v) is 7.56. The Morgan fingerprint density at radius 1 is 1.53 bits per heavy atom. The van der Waals surface area contributed by atoms with Crippen LogP contribution in [-0.2, 0) is 6.54 Å². The molecular weight excluding hydrogens is 258 g/mol. The highest BCUT2D eigenvalue weighted by molar-refractivity contribution is 6.31. The van der Waals surface area contributed by atoms with Crippen LogP contribution in [0.1, 0.15) is 32.3 Å². The summed E-state index contributed by atoms with van der Waals surface area (Å²) in [7, 11) is 2.12. The summed E-state index contributed by atoms with van der Waals surface area (Å²) < 4.78 is 0. The van der Waals surface area contributed by atoms with Gasteiger partial charge in [-0.3, -0.25) is 0 Å². The maximum absolute atomic E-state index is 6.20. The number of aromatic nitrogens is 1. The van der Waals surface area contributed by atoms with E-state index in [1.54, 1.807) is 6.20 Å². The van der Waals surface area contributed by atoms with E-state index in [0.717, 1.165) is 54.3 Å². The van der Waals surface area contributed by atoms with Gasteiger partial charge in [0.05, 0.1) is 5.02 Å². The number of hydrogen-bond donors (Lipinski definition) is 1. The first kappa shape index (κ1) is 14.6. The van der Waals surface area contributed by atoms with Crippen LogP contribution < -0.4 is 10.2 Å². The zero-order valence-corrected chi connectivity index (χ0v) is 12.9. The van der Waals surface area contributed by atoms with Gasteiger partial charge in [0.1, 0.15) is 5.82 Å². The van der Waals surface area contributed by atoms with Crippen molar-refractivity contribution in [2.45, 2.75) is 33.2 Å². The van der Waals surface area contributed by atoms with Gasteiger partial charge in [-0.25, -0.2) is 4.98 Å². The SMILES string of the molecule is CCCNCc1cc(N(C)CC2CC2C)ncc1Cl. The first-order valence-electron chi connectivity index (χ1n) is 7.18. The van der Waals surface area contributed by atoms with Gasteiger partial charge in [-0.1, -0.05) is 25.4 Å². The van der Waals surface area contributed by atoms with Gasteiger partial charge in [-0.05, 0) is 42.9 Å². The van der Waals surface area contributed by atoms with Crippen molar-refractivity contribution < 1.29 is 0 Å². The molecule has 1 aromatic rings. The lowest BCUT2D eigenvalue weighted by molar-refractivity contribution is 0.673. The highest BCUT2D eigenvalue weighted by atomic mass is 35.5. The molecule has 1 aliphatic rings. The minimum absolute atomic E-state index is 0.751. The summed E-state index contributed by atoms with van der Waals surface area (Å²) in [5.74, 6) is 2.74. The molecule has 0 aliphatic heterocycles. The molecule has 1 N–H and O–H groups in total. The van der Waals surface area contributed by atoms with E-state index in [9.17, 15) is 0 Å². The van der Waals surface area contributed by atoms with E-state index in [-0.39, 0.29) is 0 Å². The van der Waals surface area contributed by atoms with Crippen LogP contribution in [0.3, 0.4) is 0 Å². The van der Waals surface area contributed by atoms with Crippen molar-refractivity contribution in [2.75, 3.05) is 25.0 Å². The molecule has 1 heterocycles. The molecule has 1 saturated carbocycles. The molecule has 1 fully saturated rings. The van der Waals surface area contributed by atoms with Gasteiger partial charge in [0.15, 0.2) is 0 Å². The molecule has 1 aromatic heterocycles. The lowest BCUT2D eigenvalue weighted by atomic mass is 10.2. The molecule has 106 valence electrons. The Kier molecular flexibility index (Phi) is 5.06. The Labute approximate surface area is 121 Å². The number of nitrogens with one attached hydrogen (secondary N) is 1. The van der Waals surface area contributed by atoms with Gasteiger partial charge in [-0.2, -0.15) is 0 Å². The van der Waals surface area contributed by atoms with Crippen molar-refractivity contribution in [1.29, 1.82) is 0 Å². The number of pyridine rings is 1. The Morgan fingerprint density at radius 3 is 2.89 bits per heavy atom. The first-order chi connectivity index (χ1) is 9.11. The Balaban J connectivity index is 1.98. The second-order valence-electron chi connectivity index (χ2n) is 5.66. The second kappa shape index (κ2) is 6.58. The van der Waals surface area contributed by atoms with Crippen LogP contribution in [0.2, 0.25) is 5.02 Å². The molecular formula is C15H24ClN3. The van der Waals surface area contributed by atoms with Crippen molar-refractivity contribution in [1.82, 2.24) is 10.3 Å². The quantitative estimate of drug-likeness (QED) is 0.777. The summed E-state index contributed by atoms with van der Waals surface area (Å²) in [4.78, 5) is 6.68. The number of nitrogens with zero attached hydrogens (tertiary/aromatic N) is 2. The number of rotatable bonds is 7. The Hall–Kier alpha value is -0.800. The lowest BCUT2D eigenvalue weighted by Gasteiger charge is -2.19. The molecule has 3 nitrogen and oxygen atoms in total. The third-order valence-electron chi connectivity index (χ3n) is 3.84. The van der Waals surface area contributed by atoms with E-state index in [1.165, 1.54) is 6.42 Å². The van der Waals surface area contributed by atoms with E-state index in [2.05, 4.69) is 42.2 Å². The van der Waals surface area contributed by atoms with E-state index < -0.39 is 0 Å². The molecule has 0 radical (unpaired) electrons. The van der Waals surface area contributed by atoms with Crippen LogP contribution in [0, 0.1) is 11.8 Å². The molecule has 19 heavy (non-hydrogen) atoms. The normalized spacial score (nSPS) is 21.5. The smallest absolute Gasteiger partial charge is 0.128 e. The summed E-state index contributed by atoms with van der Waals surface area (Å²) in [6.07, 6.45) is 4.25. The standard InChI is InChI=1S/C15H24ClN3/c1-4-5-17-8-12-7-15(18-9-14(12)16)19(3)10-13-6-11(13)2/h7,9,11,13,17H,4-6,8,10H2,1-3H3. The van der Waals surface area contributed by atoms with E-state index in [4.69, 9.17) is 11.6 Å². The molecule has 0 saturated heterocycles. The van der Waals surface area contributed by atoms with Crippen LogP contribution in [0.15, 0.2) is 12.3 Å².